The van der Waals surface area contributed by atoms with Crippen molar-refractivity contribution in [3.8, 4) is 0 Å². The van der Waals surface area contributed by atoms with E-state index in [9.17, 15) is 4.79 Å². The maximum atomic E-state index is 13.0. The van der Waals surface area contributed by atoms with E-state index in [1.807, 2.05) is 12.2 Å². The van der Waals surface area contributed by atoms with E-state index in [2.05, 4.69) is 84.3 Å². The average molecular weight is 459 g/mol. The van der Waals surface area contributed by atoms with Crippen molar-refractivity contribution in [2.45, 2.75) is 36.5 Å². The van der Waals surface area contributed by atoms with Crippen molar-refractivity contribution in [2.24, 2.45) is 0 Å². The van der Waals surface area contributed by atoms with E-state index < -0.39 is 0 Å². The van der Waals surface area contributed by atoms with Gasteiger partial charge in [-0.05, 0) is 63.1 Å². The fourth-order valence-corrected chi connectivity index (χ4v) is 6.63. The minimum Gasteiger partial charge on any atom is -0.335 e. The molecular weight excluding hydrogens is 432 g/mol. The van der Waals surface area contributed by atoms with Crippen LogP contribution < -0.4 is 9.80 Å². The second kappa shape index (κ2) is 9.08. The van der Waals surface area contributed by atoms with Crippen molar-refractivity contribution in [3.05, 3.63) is 94.0 Å². The monoisotopic (exact) mass is 458 g/mol. The van der Waals surface area contributed by atoms with Crippen molar-refractivity contribution in [2.75, 3.05) is 22.9 Å². The van der Waals surface area contributed by atoms with Gasteiger partial charge in [0.2, 0.25) is 0 Å². The van der Waals surface area contributed by atoms with Crippen LogP contribution in [0.2, 0.25) is 0 Å². The lowest BCUT2D eigenvalue weighted by molar-refractivity contribution is -0.111. The Morgan fingerprint density at radius 2 is 1.16 bits per heavy atom. The Balaban J connectivity index is 1.33. The van der Waals surface area contributed by atoms with Crippen molar-refractivity contribution < 1.29 is 4.79 Å². The van der Waals surface area contributed by atoms with Gasteiger partial charge in [-0.25, -0.2) is 0 Å². The Morgan fingerprint density at radius 1 is 0.719 bits per heavy atom. The van der Waals surface area contributed by atoms with Crippen molar-refractivity contribution in [1.82, 2.24) is 0 Å². The molecule has 0 unspecified atom stereocenters. The van der Waals surface area contributed by atoms with E-state index in [0.717, 1.165) is 37.1 Å². The molecule has 3 aliphatic rings. The van der Waals surface area contributed by atoms with E-state index >= 15 is 0 Å². The molecule has 1 aliphatic carbocycles. The van der Waals surface area contributed by atoms with Gasteiger partial charge < -0.3 is 9.80 Å². The molecule has 0 amide bonds. The molecule has 0 bridgehead atoms. The third kappa shape index (κ3) is 3.84. The number of nitrogens with zero attached hydrogens (tertiary/aromatic N) is 2. The van der Waals surface area contributed by atoms with Gasteiger partial charge in [0, 0.05) is 34.0 Å². The molecule has 2 aliphatic heterocycles. The number of para-hydroxylation sites is 2. The molecule has 1 fully saturated rings. The highest BCUT2D eigenvalue weighted by atomic mass is 32.2. The second-order valence-corrected chi connectivity index (χ2v) is 9.98. The minimum absolute atomic E-state index is 0.186. The molecule has 0 aromatic heterocycles. The highest BCUT2D eigenvalue weighted by molar-refractivity contribution is 8.04. The maximum Gasteiger partial charge on any atom is 0.185 e. The summed E-state index contributed by atoms with van der Waals surface area (Å²) in [6.07, 6.45) is 9.92. The zero-order chi connectivity index (χ0) is 22.1. The van der Waals surface area contributed by atoms with Gasteiger partial charge in [-0.3, -0.25) is 4.79 Å². The third-order valence-corrected chi connectivity index (χ3v) is 8.27. The van der Waals surface area contributed by atoms with E-state index in [-0.39, 0.29) is 5.78 Å². The van der Waals surface area contributed by atoms with Crippen LogP contribution in [0.5, 0.6) is 0 Å². The molecule has 32 heavy (non-hydrogen) atoms. The summed E-state index contributed by atoms with van der Waals surface area (Å²) in [6, 6.07) is 16.9. The summed E-state index contributed by atoms with van der Waals surface area (Å²) in [7, 11) is 0. The predicted octanol–water partition coefficient (Wildman–Crippen LogP) is 7.15. The molecule has 5 heteroatoms. The van der Waals surface area contributed by atoms with Crippen LogP contribution in [0.15, 0.2) is 104 Å². The molecule has 162 valence electrons. The highest BCUT2D eigenvalue weighted by Crippen LogP contribution is 2.46. The third-order valence-electron chi connectivity index (χ3n) is 6.01. The van der Waals surface area contributed by atoms with Gasteiger partial charge in [-0.2, -0.15) is 0 Å². The van der Waals surface area contributed by atoms with Gasteiger partial charge in [0.25, 0.3) is 0 Å². The van der Waals surface area contributed by atoms with Crippen LogP contribution in [0.4, 0.5) is 11.4 Å². The van der Waals surface area contributed by atoms with Crippen LogP contribution in [-0.2, 0) is 4.79 Å². The quantitative estimate of drug-likeness (QED) is 0.453. The summed E-state index contributed by atoms with van der Waals surface area (Å²) in [5.74, 6) is 0.186. The summed E-state index contributed by atoms with van der Waals surface area (Å²) >= 11 is 3.55. The number of Topliss-reactive ketones (excluding diaryl/α,β-unsaturated/α-hetero) is 1. The van der Waals surface area contributed by atoms with Crippen LogP contribution >= 0.6 is 23.5 Å². The molecule has 0 radical (unpaired) electrons. The smallest absolute Gasteiger partial charge is 0.185 e. The molecule has 2 heterocycles. The number of hydrogen-bond acceptors (Lipinski definition) is 5. The first-order valence-corrected chi connectivity index (χ1v) is 12.8. The first-order valence-electron chi connectivity index (χ1n) is 11.1. The maximum absolute atomic E-state index is 13.0. The molecule has 2 aromatic carbocycles. The van der Waals surface area contributed by atoms with E-state index in [4.69, 9.17) is 0 Å². The number of fused-ring (bicyclic) bond motifs is 2. The normalized spacial score (nSPS) is 22.6. The molecule has 0 saturated heterocycles. The lowest BCUT2D eigenvalue weighted by Crippen LogP contribution is -2.16. The Labute approximate surface area is 198 Å². The Morgan fingerprint density at radius 3 is 1.59 bits per heavy atom. The fourth-order valence-electron chi connectivity index (χ4n) is 4.37. The predicted molar refractivity (Wildman–Crippen MR) is 137 cm³/mol. The number of anilines is 2. The molecule has 0 N–H and O–H groups in total. The lowest BCUT2D eigenvalue weighted by atomic mass is 10.1. The van der Waals surface area contributed by atoms with Gasteiger partial charge in [0.1, 0.15) is 0 Å². The van der Waals surface area contributed by atoms with E-state index in [0.29, 0.717) is 0 Å². The largest absolute Gasteiger partial charge is 0.335 e. The van der Waals surface area contributed by atoms with Crippen LogP contribution in [0.1, 0.15) is 26.7 Å². The van der Waals surface area contributed by atoms with Crippen molar-refractivity contribution in [1.29, 1.82) is 0 Å². The van der Waals surface area contributed by atoms with Gasteiger partial charge in [-0.1, -0.05) is 59.9 Å². The zero-order valence-corrected chi connectivity index (χ0v) is 20.0. The number of carbonyl (C=O) groups excluding carboxylic acids is 1. The SMILES string of the molecule is CCN1/C(=C/C=C2\CC/C(=C\C=C3/Sc4ccccc4N3CC)C2=O)Sc2ccccc21. The Kier molecular flexibility index (Phi) is 6.03. The van der Waals surface area contributed by atoms with Crippen LogP contribution in [0.25, 0.3) is 0 Å². The van der Waals surface area contributed by atoms with Crippen LogP contribution in [0.3, 0.4) is 0 Å². The summed E-state index contributed by atoms with van der Waals surface area (Å²) < 4.78 is 0. The zero-order valence-electron chi connectivity index (χ0n) is 18.4. The van der Waals surface area contributed by atoms with Crippen molar-refractivity contribution >= 4 is 40.7 Å². The molecular formula is C27H26N2OS2. The van der Waals surface area contributed by atoms with Crippen LogP contribution in [0, 0.1) is 0 Å². The molecule has 2 aromatic rings. The van der Waals surface area contributed by atoms with Crippen molar-refractivity contribution in [3.63, 3.8) is 0 Å². The average Bonchev–Trinajstić information content (AvgIpc) is 3.48. The molecule has 3 nitrogen and oxygen atoms in total. The molecule has 0 spiro atoms. The van der Waals surface area contributed by atoms with Gasteiger partial charge >= 0.3 is 0 Å². The second-order valence-electron chi connectivity index (χ2n) is 7.85. The van der Waals surface area contributed by atoms with E-state index in [1.54, 1.807) is 23.5 Å². The lowest BCUT2D eigenvalue weighted by Gasteiger charge is -2.17. The van der Waals surface area contributed by atoms with E-state index in [1.165, 1.54) is 31.2 Å². The highest BCUT2D eigenvalue weighted by Gasteiger charge is 2.26. The van der Waals surface area contributed by atoms with Crippen LogP contribution in [-0.4, -0.2) is 18.9 Å². The number of carbonyl (C=O) groups is 1. The Hall–Kier alpha value is -2.63. The van der Waals surface area contributed by atoms with Gasteiger partial charge in [0.05, 0.1) is 21.4 Å². The first kappa shape index (κ1) is 21.2. The number of thioether (sulfide) groups is 2. The number of benzene rings is 2. The summed E-state index contributed by atoms with van der Waals surface area (Å²) in [5.41, 5.74) is 4.32. The molecule has 0 atom stereocenters. The number of ketones is 1. The van der Waals surface area contributed by atoms with Gasteiger partial charge in [0.15, 0.2) is 5.78 Å². The van der Waals surface area contributed by atoms with Gasteiger partial charge in [-0.15, -0.1) is 0 Å². The summed E-state index contributed by atoms with van der Waals surface area (Å²) in [6.45, 7) is 6.16. The standard InChI is InChI=1S/C27H26N2OS2/c1-3-28-21-9-5-7-11-23(21)31-25(28)17-15-19-13-14-20(27(19)30)16-18-26-29(4-2)22-10-6-8-12-24(22)32-26/h5-12,15-18H,3-4,13-14H2,1-2H3/b19-15+,20-16+,25-17-,26-18-. The Bertz CT molecular complexity index is 1100. The summed E-state index contributed by atoms with van der Waals surface area (Å²) in [5, 5.41) is 2.37. The molecule has 5 rings (SSSR count). The first-order chi connectivity index (χ1) is 15.7. The topological polar surface area (TPSA) is 23.6 Å². The minimum atomic E-state index is 0.186. The number of allylic oxidation sites excluding steroid dienone is 6. The summed E-state index contributed by atoms with van der Waals surface area (Å²) in [4.78, 5) is 20.2. The molecule has 1 saturated carbocycles. The number of hydrogen-bond donors (Lipinski definition) is 0. The number of rotatable bonds is 4. The fraction of sp³-hybridized carbons (Fsp3) is 0.222.